The molecule has 128 valence electrons. The molecule has 3 nitrogen and oxygen atoms in total. The number of phenols is 1. The second-order valence-electron chi connectivity index (χ2n) is 6.70. The van der Waals surface area contributed by atoms with Gasteiger partial charge in [0, 0.05) is 11.1 Å². The first-order chi connectivity index (χ1) is 12.6. The van der Waals surface area contributed by atoms with Crippen LogP contribution in [0.5, 0.6) is 5.75 Å². The van der Waals surface area contributed by atoms with Crippen LogP contribution in [0.25, 0.3) is 33.5 Å². The predicted molar refractivity (Wildman–Crippen MR) is 106 cm³/mol. The van der Waals surface area contributed by atoms with E-state index in [2.05, 4.69) is 38.1 Å². The molecule has 0 fully saturated rings. The van der Waals surface area contributed by atoms with Crippen LogP contribution in [0.3, 0.4) is 0 Å². The van der Waals surface area contributed by atoms with Gasteiger partial charge < -0.3 is 5.11 Å². The average molecular weight is 340 g/mol. The lowest BCUT2D eigenvalue weighted by molar-refractivity contribution is 0.477. The van der Waals surface area contributed by atoms with E-state index >= 15 is 0 Å². The molecular weight excluding hydrogens is 320 g/mol. The summed E-state index contributed by atoms with van der Waals surface area (Å²) >= 11 is 0. The van der Waals surface area contributed by atoms with Gasteiger partial charge in [0.25, 0.3) is 0 Å². The maximum Gasteiger partial charge on any atom is 0.125 e. The molecule has 0 spiro atoms. The van der Waals surface area contributed by atoms with E-state index in [4.69, 9.17) is 9.97 Å². The Kier molecular flexibility index (Phi) is 4.13. The van der Waals surface area contributed by atoms with Crippen molar-refractivity contribution in [1.29, 1.82) is 0 Å². The van der Waals surface area contributed by atoms with Crippen LogP contribution in [-0.4, -0.2) is 15.1 Å². The highest BCUT2D eigenvalue weighted by atomic mass is 16.3. The maximum absolute atomic E-state index is 10.4. The molecule has 0 unspecified atom stereocenters. The highest BCUT2D eigenvalue weighted by molar-refractivity contribution is 5.87. The molecule has 1 aromatic heterocycles. The number of phenolic OH excluding ortho intramolecular Hbond substituents is 1. The van der Waals surface area contributed by atoms with Crippen LogP contribution in [0.15, 0.2) is 72.8 Å². The maximum atomic E-state index is 10.4. The van der Waals surface area contributed by atoms with Crippen LogP contribution in [0.1, 0.15) is 25.3 Å². The van der Waals surface area contributed by atoms with Gasteiger partial charge in [0.15, 0.2) is 0 Å². The fourth-order valence-electron chi connectivity index (χ4n) is 3.09. The molecule has 26 heavy (non-hydrogen) atoms. The zero-order chi connectivity index (χ0) is 18.1. The molecule has 0 atom stereocenters. The Morgan fingerprint density at radius 2 is 1.27 bits per heavy atom. The van der Waals surface area contributed by atoms with E-state index in [0.29, 0.717) is 17.2 Å². The van der Waals surface area contributed by atoms with Gasteiger partial charge in [-0.3, -0.25) is 0 Å². The number of aromatic hydroxyl groups is 1. The number of rotatable bonds is 3. The predicted octanol–water partition coefficient (Wildman–Crippen LogP) is 5.79. The first kappa shape index (κ1) is 16.3. The summed E-state index contributed by atoms with van der Waals surface area (Å²) in [5, 5.41) is 10.4. The minimum Gasteiger partial charge on any atom is -0.507 e. The smallest absolute Gasteiger partial charge is 0.125 e. The third kappa shape index (κ3) is 2.93. The topological polar surface area (TPSA) is 46.0 Å². The molecule has 3 heteroatoms. The van der Waals surface area contributed by atoms with Crippen LogP contribution in [0, 0.1) is 0 Å². The van der Waals surface area contributed by atoms with Crippen molar-refractivity contribution >= 4 is 11.0 Å². The van der Waals surface area contributed by atoms with Crippen molar-refractivity contribution in [3.05, 3.63) is 78.4 Å². The van der Waals surface area contributed by atoms with Gasteiger partial charge in [0.2, 0.25) is 0 Å². The summed E-state index contributed by atoms with van der Waals surface area (Å²) < 4.78 is 0. The Labute approximate surface area is 153 Å². The van der Waals surface area contributed by atoms with E-state index in [1.807, 2.05) is 42.5 Å². The Morgan fingerprint density at radius 3 is 1.88 bits per heavy atom. The quantitative estimate of drug-likeness (QED) is 0.513. The van der Waals surface area contributed by atoms with Crippen molar-refractivity contribution < 1.29 is 5.11 Å². The Balaban J connectivity index is 1.97. The van der Waals surface area contributed by atoms with Crippen molar-refractivity contribution in [2.24, 2.45) is 0 Å². The van der Waals surface area contributed by atoms with Gasteiger partial charge in [-0.1, -0.05) is 62.4 Å². The Hall–Kier alpha value is -3.20. The van der Waals surface area contributed by atoms with Gasteiger partial charge in [-0.05, 0) is 35.7 Å². The molecule has 4 aromatic rings. The van der Waals surface area contributed by atoms with E-state index < -0.39 is 0 Å². The average Bonchev–Trinajstić information content (AvgIpc) is 2.67. The minimum absolute atomic E-state index is 0.206. The highest BCUT2D eigenvalue weighted by Crippen LogP contribution is 2.35. The number of fused-ring (bicyclic) bond motifs is 1. The first-order valence-corrected chi connectivity index (χ1v) is 8.79. The Morgan fingerprint density at radius 1 is 0.692 bits per heavy atom. The lowest BCUT2D eigenvalue weighted by Gasteiger charge is -2.12. The first-order valence-electron chi connectivity index (χ1n) is 8.79. The van der Waals surface area contributed by atoms with Crippen molar-refractivity contribution in [3.8, 4) is 28.3 Å². The summed E-state index contributed by atoms with van der Waals surface area (Å²) in [4.78, 5) is 9.68. The number of hydrogen-bond acceptors (Lipinski definition) is 3. The number of aromatic nitrogens is 2. The van der Waals surface area contributed by atoms with Crippen LogP contribution in [0.2, 0.25) is 0 Å². The fraction of sp³-hybridized carbons (Fsp3) is 0.130. The van der Waals surface area contributed by atoms with E-state index in [9.17, 15) is 5.11 Å². The molecule has 0 saturated heterocycles. The number of nitrogens with zero attached hydrogens (tertiary/aromatic N) is 2. The summed E-state index contributed by atoms with van der Waals surface area (Å²) in [6.07, 6.45) is 0. The monoisotopic (exact) mass is 340 g/mol. The molecule has 0 saturated carbocycles. The van der Waals surface area contributed by atoms with Gasteiger partial charge >= 0.3 is 0 Å². The minimum atomic E-state index is 0.206. The number of hydrogen-bond donors (Lipinski definition) is 1. The van der Waals surface area contributed by atoms with E-state index in [-0.39, 0.29) is 5.75 Å². The van der Waals surface area contributed by atoms with Crippen LogP contribution < -0.4 is 0 Å². The summed E-state index contributed by atoms with van der Waals surface area (Å²) in [6, 6.07) is 23.5. The fourth-order valence-corrected chi connectivity index (χ4v) is 3.09. The van der Waals surface area contributed by atoms with Crippen LogP contribution >= 0.6 is 0 Å². The normalized spacial score (nSPS) is 11.2. The summed E-state index contributed by atoms with van der Waals surface area (Å²) in [6.45, 7) is 4.36. The molecule has 4 rings (SSSR count). The number of para-hydroxylation sites is 3. The lowest BCUT2D eigenvalue weighted by atomic mass is 9.98. The third-order valence-electron chi connectivity index (χ3n) is 4.58. The van der Waals surface area contributed by atoms with Gasteiger partial charge in [-0.25, -0.2) is 9.97 Å². The van der Waals surface area contributed by atoms with E-state index in [0.717, 1.165) is 22.3 Å². The molecule has 0 bridgehead atoms. The van der Waals surface area contributed by atoms with E-state index in [1.165, 1.54) is 5.56 Å². The summed E-state index contributed by atoms with van der Waals surface area (Å²) in [5.74, 6) is 0.682. The highest BCUT2D eigenvalue weighted by Gasteiger charge is 2.15. The van der Waals surface area contributed by atoms with Crippen molar-refractivity contribution in [2.45, 2.75) is 19.8 Å². The van der Waals surface area contributed by atoms with Gasteiger partial charge in [0.1, 0.15) is 11.4 Å². The molecule has 1 heterocycles. The van der Waals surface area contributed by atoms with Crippen molar-refractivity contribution in [2.75, 3.05) is 0 Å². The van der Waals surface area contributed by atoms with Gasteiger partial charge in [-0.15, -0.1) is 0 Å². The molecule has 1 N–H and O–H groups in total. The van der Waals surface area contributed by atoms with Crippen LogP contribution in [-0.2, 0) is 0 Å². The second-order valence-corrected chi connectivity index (χ2v) is 6.70. The Bertz CT molecular complexity index is 1070. The lowest BCUT2D eigenvalue weighted by Crippen LogP contribution is -1.96. The number of benzene rings is 3. The second kappa shape index (κ2) is 6.60. The molecule has 0 amide bonds. The molecule has 0 aliphatic carbocycles. The zero-order valence-corrected chi connectivity index (χ0v) is 14.8. The van der Waals surface area contributed by atoms with Crippen molar-refractivity contribution in [3.63, 3.8) is 0 Å². The molecule has 0 radical (unpaired) electrons. The van der Waals surface area contributed by atoms with E-state index in [1.54, 1.807) is 6.07 Å². The van der Waals surface area contributed by atoms with Gasteiger partial charge in [-0.2, -0.15) is 0 Å². The van der Waals surface area contributed by atoms with Crippen LogP contribution in [0.4, 0.5) is 0 Å². The molecule has 3 aromatic carbocycles. The standard InChI is InChI=1S/C23H20N2O/c1-15(2)16-11-13-17(14-12-16)22-23(18-7-3-6-10-21(18)26)25-20-9-5-4-8-19(20)24-22/h3-15,26H,1-2H3. The third-order valence-corrected chi connectivity index (χ3v) is 4.58. The largest absolute Gasteiger partial charge is 0.507 e. The van der Waals surface area contributed by atoms with Crippen molar-refractivity contribution in [1.82, 2.24) is 9.97 Å². The molecule has 0 aliphatic rings. The SMILES string of the molecule is CC(C)c1ccc(-c2nc3ccccc3nc2-c2ccccc2O)cc1. The summed E-state index contributed by atoms with van der Waals surface area (Å²) in [7, 11) is 0. The molecule has 0 aliphatic heterocycles. The van der Waals surface area contributed by atoms with Gasteiger partial charge in [0.05, 0.1) is 16.7 Å². The zero-order valence-electron chi connectivity index (χ0n) is 14.8. The molecular formula is C23H20N2O. The summed E-state index contributed by atoms with van der Waals surface area (Å²) in [5.41, 5.74) is 6.09.